The molecule has 36 heavy (non-hydrogen) atoms. The molecule has 2 aliphatic rings. The molecule has 7 nitrogen and oxygen atoms in total. The topological polar surface area (TPSA) is 91.8 Å². The number of amides is 1. The monoisotopic (exact) mass is 488 g/mol. The number of pyridine rings is 1. The molecule has 8 bridgehead atoms. The normalized spacial score (nSPS) is 13.2. The van der Waals surface area contributed by atoms with Gasteiger partial charge in [0.25, 0.3) is 5.91 Å². The lowest BCUT2D eigenvalue weighted by molar-refractivity contribution is 0.0945. The van der Waals surface area contributed by atoms with E-state index in [4.69, 9.17) is 0 Å². The van der Waals surface area contributed by atoms with Crippen molar-refractivity contribution in [2.45, 2.75) is 19.8 Å². The number of halogens is 3. The Bertz CT molecular complexity index is 1450. The first kappa shape index (κ1) is 23.1. The maximum Gasteiger partial charge on any atom is 0.257 e. The maximum absolute atomic E-state index is 14.8. The highest BCUT2D eigenvalue weighted by molar-refractivity contribution is 5.95. The zero-order valence-corrected chi connectivity index (χ0v) is 19.0. The molecule has 0 unspecified atom stereocenters. The molecule has 2 aromatic carbocycles. The number of carbonyl (C=O) groups is 1. The predicted molar refractivity (Wildman–Crippen MR) is 128 cm³/mol. The highest BCUT2D eigenvalue weighted by Crippen LogP contribution is 2.29. The van der Waals surface area contributed by atoms with Gasteiger partial charge in [0, 0.05) is 47.4 Å². The third-order valence-corrected chi connectivity index (χ3v) is 5.62. The summed E-state index contributed by atoms with van der Waals surface area (Å²) in [5.41, 5.74) is 1.81. The van der Waals surface area contributed by atoms with E-state index >= 15 is 0 Å². The average molecular weight is 488 g/mol. The van der Waals surface area contributed by atoms with Crippen molar-refractivity contribution in [3.8, 4) is 11.1 Å². The standard InChI is InChI=1S/C26H19F3N6O/c1-14-12-32-26-34-21-11-17(13-31-23(21)29)16-9-19(27)22(20(28)10-16)25(36)30-7-3-5-15-4-2-6-18(8-15)33-24(14)35-26/h6,8-13H,3,5,7H2,1H3,(H,30,36)(H2,32,33,34,35). The number of nitrogens with one attached hydrogen (secondary N) is 3. The Labute approximate surface area is 204 Å². The van der Waals surface area contributed by atoms with Gasteiger partial charge in [-0.15, -0.1) is 0 Å². The molecule has 0 spiro atoms. The van der Waals surface area contributed by atoms with Crippen molar-refractivity contribution in [2.24, 2.45) is 0 Å². The number of anilines is 4. The van der Waals surface area contributed by atoms with E-state index in [1.165, 1.54) is 6.07 Å². The van der Waals surface area contributed by atoms with Crippen LogP contribution in [-0.4, -0.2) is 27.4 Å². The second-order valence-electron chi connectivity index (χ2n) is 8.25. The van der Waals surface area contributed by atoms with Gasteiger partial charge in [0.05, 0.1) is 5.69 Å². The van der Waals surface area contributed by atoms with Crippen LogP contribution in [0.5, 0.6) is 0 Å². The minimum Gasteiger partial charge on any atom is -0.352 e. The highest BCUT2D eigenvalue weighted by Gasteiger charge is 2.20. The van der Waals surface area contributed by atoms with Crippen LogP contribution < -0.4 is 16.0 Å². The Hall–Kier alpha value is -4.65. The van der Waals surface area contributed by atoms with E-state index in [-0.39, 0.29) is 29.3 Å². The Morgan fingerprint density at radius 2 is 1.78 bits per heavy atom. The van der Waals surface area contributed by atoms with Gasteiger partial charge < -0.3 is 16.0 Å². The van der Waals surface area contributed by atoms with Gasteiger partial charge in [-0.2, -0.15) is 9.37 Å². The zero-order valence-electron chi connectivity index (χ0n) is 19.0. The first-order chi connectivity index (χ1) is 17.4. The molecule has 4 heterocycles. The maximum atomic E-state index is 14.8. The Balaban J connectivity index is 1.59. The second-order valence-corrected chi connectivity index (χ2v) is 8.25. The lowest BCUT2D eigenvalue weighted by atomic mass is 10.0. The van der Waals surface area contributed by atoms with Gasteiger partial charge in [-0.05, 0) is 49.6 Å². The van der Waals surface area contributed by atoms with Crippen LogP contribution in [0.1, 0.15) is 27.9 Å². The van der Waals surface area contributed by atoms with E-state index in [1.807, 2.05) is 13.0 Å². The third-order valence-electron chi connectivity index (χ3n) is 5.62. The number of aromatic nitrogens is 3. The zero-order chi connectivity index (χ0) is 25.2. The number of rotatable bonds is 0. The van der Waals surface area contributed by atoms with Crippen LogP contribution in [-0.2, 0) is 6.42 Å². The molecule has 2 aromatic heterocycles. The molecule has 0 saturated heterocycles. The van der Waals surface area contributed by atoms with Crippen LogP contribution in [0.25, 0.3) is 11.1 Å². The van der Waals surface area contributed by atoms with Crippen LogP contribution in [0, 0.1) is 36.6 Å². The predicted octanol–water partition coefficient (Wildman–Crippen LogP) is 5.03. The van der Waals surface area contributed by atoms with Crippen molar-refractivity contribution >= 4 is 29.0 Å². The first-order valence-corrected chi connectivity index (χ1v) is 11.1. The van der Waals surface area contributed by atoms with Crippen LogP contribution in [0.4, 0.5) is 36.3 Å². The lowest BCUT2D eigenvalue weighted by Gasteiger charge is -2.13. The number of benzene rings is 1. The molecule has 2 aliphatic heterocycles. The SMILES string of the molecule is Cc1cnc2nc1Nc1cc#cc(c1)CCCNC(=O)c1c(F)cc(cc1F)-c1cnc(F)c(c1)N2. The van der Waals surface area contributed by atoms with E-state index in [0.717, 1.165) is 29.5 Å². The highest BCUT2D eigenvalue weighted by atomic mass is 19.1. The van der Waals surface area contributed by atoms with E-state index in [1.54, 1.807) is 12.3 Å². The summed E-state index contributed by atoms with van der Waals surface area (Å²) in [4.78, 5) is 24.8. The number of fused-ring (bicyclic) bond motifs is 6. The first-order valence-electron chi connectivity index (χ1n) is 11.1. The Morgan fingerprint density at radius 3 is 2.58 bits per heavy atom. The number of hydrogen-bond donors (Lipinski definition) is 3. The van der Waals surface area contributed by atoms with E-state index in [9.17, 15) is 18.0 Å². The summed E-state index contributed by atoms with van der Waals surface area (Å²) in [6.45, 7) is 2.03. The fourth-order valence-corrected chi connectivity index (χ4v) is 3.78. The molecular formula is C26H19F3N6O. The quantitative estimate of drug-likeness (QED) is 0.301. The summed E-state index contributed by atoms with van der Waals surface area (Å²) in [5.74, 6) is -3.21. The molecule has 0 radical (unpaired) electrons. The van der Waals surface area contributed by atoms with Gasteiger partial charge in [0.2, 0.25) is 11.9 Å². The van der Waals surface area contributed by atoms with Crippen molar-refractivity contribution in [2.75, 3.05) is 17.2 Å². The molecule has 6 rings (SSSR count). The molecule has 10 heteroatoms. The summed E-state index contributed by atoms with van der Waals surface area (Å²) >= 11 is 0. The van der Waals surface area contributed by atoms with Gasteiger partial charge in [-0.1, -0.05) is 12.1 Å². The van der Waals surface area contributed by atoms with Crippen LogP contribution >= 0.6 is 0 Å². The molecule has 4 aromatic rings. The fourth-order valence-electron chi connectivity index (χ4n) is 3.78. The third kappa shape index (κ3) is 4.77. The van der Waals surface area contributed by atoms with Gasteiger partial charge >= 0.3 is 0 Å². The molecular weight excluding hydrogens is 469 g/mol. The molecule has 0 saturated carbocycles. The smallest absolute Gasteiger partial charge is 0.257 e. The van der Waals surface area contributed by atoms with Gasteiger partial charge in [0.1, 0.15) is 23.0 Å². The average Bonchev–Trinajstić information content (AvgIpc) is 2.84. The van der Waals surface area contributed by atoms with E-state index < -0.39 is 29.1 Å². The van der Waals surface area contributed by atoms with Crippen LogP contribution in [0.15, 0.2) is 42.7 Å². The number of hydrogen-bond acceptors (Lipinski definition) is 6. The molecule has 0 atom stereocenters. The van der Waals surface area contributed by atoms with Gasteiger partial charge in [0.15, 0.2) is 0 Å². The summed E-state index contributed by atoms with van der Waals surface area (Å²) in [6, 6.07) is 12.9. The number of nitrogens with zero attached hydrogens (tertiary/aromatic N) is 3. The Kier molecular flexibility index (Phi) is 6.12. The lowest BCUT2D eigenvalue weighted by Crippen LogP contribution is -2.26. The summed E-state index contributed by atoms with van der Waals surface area (Å²) in [7, 11) is 0. The van der Waals surface area contributed by atoms with E-state index in [2.05, 4.69) is 43.0 Å². The van der Waals surface area contributed by atoms with Crippen LogP contribution in [0.2, 0.25) is 0 Å². The van der Waals surface area contributed by atoms with Gasteiger partial charge in [-0.25, -0.2) is 18.7 Å². The molecule has 0 aliphatic carbocycles. The van der Waals surface area contributed by atoms with Crippen molar-refractivity contribution in [3.63, 3.8) is 0 Å². The summed E-state index contributed by atoms with van der Waals surface area (Å²) in [6.07, 6.45) is 3.78. The minimum absolute atomic E-state index is 0.0870. The molecule has 3 N–H and O–H groups in total. The fraction of sp³-hybridized carbons (Fsp3) is 0.154. The van der Waals surface area contributed by atoms with E-state index in [0.29, 0.717) is 24.3 Å². The summed E-state index contributed by atoms with van der Waals surface area (Å²) in [5, 5.41) is 8.53. The van der Waals surface area contributed by atoms with Crippen molar-refractivity contribution < 1.29 is 18.0 Å². The van der Waals surface area contributed by atoms with Crippen LogP contribution in [0.3, 0.4) is 0 Å². The molecule has 0 fully saturated rings. The van der Waals surface area contributed by atoms with Crippen molar-refractivity contribution in [3.05, 3.63) is 89.1 Å². The second kappa shape index (κ2) is 9.54. The van der Waals surface area contributed by atoms with Crippen molar-refractivity contribution in [1.82, 2.24) is 20.3 Å². The largest absolute Gasteiger partial charge is 0.352 e. The summed E-state index contributed by atoms with van der Waals surface area (Å²) < 4.78 is 44.1. The Morgan fingerprint density at radius 1 is 0.972 bits per heavy atom. The minimum atomic E-state index is -1.04. The van der Waals surface area contributed by atoms with Gasteiger partial charge in [-0.3, -0.25) is 4.79 Å². The number of aryl methyl sites for hydroxylation is 2. The van der Waals surface area contributed by atoms with Crippen molar-refractivity contribution in [1.29, 1.82) is 0 Å². The molecule has 180 valence electrons. The molecule has 1 amide bonds. The number of carbonyl (C=O) groups excluding carboxylic acids is 1.